The molecule has 2 rings (SSSR count). The Hall–Kier alpha value is -1.37. The lowest BCUT2D eigenvalue weighted by atomic mass is 10.0. The van der Waals surface area contributed by atoms with Crippen LogP contribution in [0.1, 0.15) is 59.1 Å². The van der Waals surface area contributed by atoms with Crippen molar-refractivity contribution in [3.05, 3.63) is 35.4 Å². The molecule has 29 heavy (non-hydrogen) atoms. The van der Waals surface area contributed by atoms with Crippen LogP contribution in [-0.2, 0) is 22.2 Å². The number of carbonyl (C=O) groups is 1. The highest BCUT2D eigenvalue weighted by Crippen LogP contribution is 2.39. The molecule has 1 aliphatic heterocycles. The van der Waals surface area contributed by atoms with Gasteiger partial charge in [-0.1, -0.05) is 45.0 Å². The van der Waals surface area contributed by atoms with E-state index in [2.05, 4.69) is 33.9 Å². The summed E-state index contributed by atoms with van der Waals surface area (Å²) in [6.07, 6.45) is 1.33. The van der Waals surface area contributed by atoms with Gasteiger partial charge in [-0.05, 0) is 62.9 Å². The second-order valence-electron chi connectivity index (χ2n) is 10.7. The number of nitrogens with zero attached hydrogens (tertiary/aromatic N) is 1. The minimum Gasteiger partial charge on any atom is -0.444 e. The van der Waals surface area contributed by atoms with Gasteiger partial charge in [0.1, 0.15) is 5.60 Å². The van der Waals surface area contributed by atoms with Gasteiger partial charge in [0.05, 0.1) is 12.7 Å². The Morgan fingerprint density at radius 1 is 1.10 bits per heavy atom. The van der Waals surface area contributed by atoms with Crippen molar-refractivity contribution in [3.8, 4) is 0 Å². The molecule has 5 nitrogen and oxygen atoms in total. The average molecular weight is 422 g/mol. The molecule has 0 aliphatic carbocycles. The maximum Gasteiger partial charge on any atom is 0.410 e. The van der Waals surface area contributed by atoms with Gasteiger partial charge in [-0.15, -0.1) is 0 Å². The number of likely N-dealkylation sites (tertiary alicyclic amines) is 1. The van der Waals surface area contributed by atoms with E-state index in [0.717, 1.165) is 24.0 Å². The zero-order valence-corrected chi connectivity index (χ0v) is 20.4. The molecule has 1 aromatic rings. The Bertz CT molecular complexity index is 688. The number of rotatable bonds is 5. The molecule has 164 valence electrons. The SMILES string of the molecule is CC(C)(C)OC(=O)N1C[C@H](O[Si](C)(C)C(C)(C)C)C[C@H]1Cc1ccc(CO)cc1. The second-order valence-corrected chi connectivity index (χ2v) is 15.5. The molecular formula is C23H39NO4Si. The Kier molecular flexibility index (Phi) is 7.24. The fourth-order valence-corrected chi connectivity index (χ4v) is 4.70. The van der Waals surface area contributed by atoms with Crippen molar-refractivity contribution in [3.63, 3.8) is 0 Å². The van der Waals surface area contributed by atoms with Crippen LogP contribution in [0.5, 0.6) is 0 Å². The quantitative estimate of drug-likeness (QED) is 0.670. The summed E-state index contributed by atoms with van der Waals surface area (Å²) in [5.74, 6) is 0. The number of amides is 1. The Labute approximate surface area is 177 Å². The number of benzene rings is 1. The summed E-state index contributed by atoms with van der Waals surface area (Å²) in [6.45, 7) is 17.5. The highest BCUT2D eigenvalue weighted by Gasteiger charge is 2.44. The fraction of sp³-hybridized carbons (Fsp3) is 0.696. The standard InChI is InChI=1S/C23H39NO4Si/c1-22(2,3)27-21(26)24-15-20(28-29(7,8)23(4,5)6)14-19(24)13-17-9-11-18(16-25)12-10-17/h9-12,19-20,25H,13-16H2,1-8H3/t19-,20-/m1/s1. The lowest BCUT2D eigenvalue weighted by Gasteiger charge is -2.38. The normalized spacial score (nSPS) is 20.8. The van der Waals surface area contributed by atoms with Crippen molar-refractivity contribution in [2.75, 3.05) is 6.54 Å². The summed E-state index contributed by atoms with van der Waals surface area (Å²) in [4.78, 5) is 14.7. The molecule has 1 aliphatic rings. The maximum absolute atomic E-state index is 12.9. The molecule has 0 spiro atoms. The van der Waals surface area contributed by atoms with Crippen molar-refractivity contribution in [2.45, 2.75) is 96.9 Å². The Morgan fingerprint density at radius 3 is 2.14 bits per heavy atom. The van der Waals surface area contributed by atoms with Gasteiger partial charge in [-0.3, -0.25) is 0 Å². The van der Waals surface area contributed by atoms with Gasteiger partial charge < -0.3 is 19.2 Å². The minimum absolute atomic E-state index is 0.0325. The zero-order valence-electron chi connectivity index (χ0n) is 19.4. The predicted molar refractivity (Wildman–Crippen MR) is 119 cm³/mol. The van der Waals surface area contributed by atoms with E-state index in [1.165, 1.54) is 0 Å². The van der Waals surface area contributed by atoms with Crippen LogP contribution in [0.2, 0.25) is 18.1 Å². The number of carbonyl (C=O) groups excluding carboxylic acids is 1. The summed E-state index contributed by atoms with van der Waals surface area (Å²) >= 11 is 0. The van der Waals surface area contributed by atoms with E-state index in [9.17, 15) is 9.90 Å². The van der Waals surface area contributed by atoms with E-state index in [4.69, 9.17) is 9.16 Å². The topological polar surface area (TPSA) is 59.0 Å². The first-order valence-electron chi connectivity index (χ1n) is 10.6. The molecule has 0 bridgehead atoms. The van der Waals surface area contributed by atoms with Crippen molar-refractivity contribution >= 4 is 14.4 Å². The molecule has 1 amide bonds. The van der Waals surface area contributed by atoms with Gasteiger partial charge >= 0.3 is 6.09 Å². The number of hydrogen-bond acceptors (Lipinski definition) is 4. The van der Waals surface area contributed by atoms with Crippen LogP contribution in [0.3, 0.4) is 0 Å². The molecule has 1 fully saturated rings. The first kappa shape index (κ1) is 23.9. The van der Waals surface area contributed by atoms with Crippen LogP contribution in [-0.4, -0.2) is 48.7 Å². The van der Waals surface area contributed by atoms with Gasteiger partial charge in [0.25, 0.3) is 0 Å². The lowest BCUT2D eigenvalue weighted by Crippen LogP contribution is -2.45. The fourth-order valence-electron chi connectivity index (χ4n) is 3.34. The molecule has 1 aromatic carbocycles. The molecule has 0 unspecified atom stereocenters. The summed E-state index contributed by atoms with van der Waals surface area (Å²) < 4.78 is 12.3. The summed E-state index contributed by atoms with van der Waals surface area (Å²) in [6, 6.07) is 7.97. The highest BCUT2D eigenvalue weighted by atomic mass is 28.4. The summed E-state index contributed by atoms with van der Waals surface area (Å²) in [7, 11) is -1.92. The third kappa shape index (κ3) is 6.56. The molecule has 1 N–H and O–H groups in total. The monoisotopic (exact) mass is 421 g/mol. The lowest BCUT2D eigenvalue weighted by molar-refractivity contribution is 0.0211. The molecule has 0 aromatic heterocycles. The molecule has 6 heteroatoms. The molecule has 2 atom stereocenters. The van der Waals surface area contributed by atoms with Crippen molar-refractivity contribution in [1.29, 1.82) is 0 Å². The highest BCUT2D eigenvalue weighted by molar-refractivity contribution is 6.74. The van der Waals surface area contributed by atoms with Crippen molar-refractivity contribution < 1.29 is 19.1 Å². The predicted octanol–water partition coefficient (Wildman–Crippen LogP) is 5.12. The van der Waals surface area contributed by atoms with Crippen LogP contribution in [0.4, 0.5) is 4.79 Å². The third-order valence-electron chi connectivity index (χ3n) is 5.95. The molecule has 0 saturated carbocycles. The van der Waals surface area contributed by atoms with Gasteiger partial charge in [0.15, 0.2) is 8.32 Å². The smallest absolute Gasteiger partial charge is 0.410 e. The molecule has 1 heterocycles. The van der Waals surface area contributed by atoms with E-state index < -0.39 is 13.9 Å². The average Bonchev–Trinajstić information content (AvgIpc) is 2.94. The van der Waals surface area contributed by atoms with Gasteiger partial charge in [0, 0.05) is 12.6 Å². The number of hydrogen-bond donors (Lipinski definition) is 1. The van der Waals surface area contributed by atoms with Gasteiger partial charge in [0.2, 0.25) is 0 Å². The van der Waals surface area contributed by atoms with Crippen LogP contribution in [0.25, 0.3) is 0 Å². The maximum atomic E-state index is 12.9. The molecular weight excluding hydrogens is 382 g/mol. The first-order valence-corrected chi connectivity index (χ1v) is 13.5. The van der Waals surface area contributed by atoms with E-state index in [0.29, 0.717) is 6.54 Å². The number of aliphatic hydroxyl groups is 1. The van der Waals surface area contributed by atoms with Crippen LogP contribution in [0.15, 0.2) is 24.3 Å². The Morgan fingerprint density at radius 2 is 1.66 bits per heavy atom. The van der Waals surface area contributed by atoms with E-state index in [-0.39, 0.29) is 29.9 Å². The summed E-state index contributed by atoms with van der Waals surface area (Å²) in [5, 5.41) is 9.39. The summed E-state index contributed by atoms with van der Waals surface area (Å²) in [5.41, 5.74) is 1.51. The largest absolute Gasteiger partial charge is 0.444 e. The van der Waals surface area contributed by atoms with Crippen molar-refractivity contribution in [1.82, 2.24) is 4.90 Å². The molecule has 1 saturated heterocycles. The van der Waals surface area contributed by atoms with E-state index >= 15 is 0 Å². The van der Waals surface area contributed by atoms with Crippen LogP contribution >= 0.6 is 0 Å². The van der Waals surface area contributed by atoms with Crippen LogP contribution < -0.4 is 0 Å². The van der Waals surface area contributed by atoms with Gasteiger partial charge in [-0.25, -0.2) is 4.79 Å². The van der Waals surface area contributed by atoms with E-state index in [1.54, 1.807) is 0 Å². The second kappa shape index (κ2) is 8.78. The zero-order chi connectivity index (χ0) is 22.0. The third-order valence-corrected chi connectivity index (χ3v) is 10.5. The van der Waals surface area contributed by atoms with E-state index in [1.807, 2.05) is 49.9 Å². The van der Waals surface area contributed by atoms with Crippen LogP contribution in [0, 0.1) is 0 Å². The van der Waals surface area contributed by atoms with Gasteiger partial charge in [-0.2, -0.15) is 0 Å². The number of ether oxygens (including phenoxy) is 1. The van der Waals surface area contributed by atoms with Crippen molar-refractivity contribution in [2.24, 2.45) is 0 Å². The Balaban J connectivity index is 2.18. The number of aliphatic hydroxyl groups excluding tert-OH is 1. The first-order chi connectivity index (χ1) is 13.2. The minimum atomic E-state index is -1.92. The molecule has 0 radical (unpaired) electrons.